The third-order valence-corrected chi connectivity index (χ3v) is 7.59. The van der Waals surface area contributed by atoms with Crippen molar-refractivity contribution in [3.63, 3.8) is 0 Å². The molecule has 1 aliphatic rings. The van der Waals surface area contributed by atoms with Gasteiger partial charge in [-0.2, -0.15) is 0 Å². The molecule has 4 heteroatoms. The number of aromatic nitrogens is 1. The van der Waals surface area contributed by atoms with Crippen molar-refractivity contribution in [3.05, 3.63) is 41.4 Å². The fourth-order valence-electron chi connectivity index (χ4n) is 5.72. The van der Waals surface area contributed by atoms with Crippen molar-refractivity contribution in [2.75, 3.05) is 19.6 Å². The first-order valence-electron chi connectivity index (χ1n) is 13.7. The zero-order valence-corrected chi connectivity index (χ0v) is 21.0. The maximum atomic E-state index is 7.56. The van der Waals surface area contributed by atoms with Crippen molar-refractivity contribution in [2.24, 2.45) is 11.7 Å². The number of benzene rings is 1. The summed E-state index contributed by atoms with van der Waals surface area (Å²) in [5.41, 5.74) is 9.26. The van der Waals surface area contributed by atoms with E-state index in [0.717, 1.165) is 44.2 Å². The number of unbranched alkanes of at least 4 members (excludes halogenated alkanes) is 5. The van der Waals surface area contributed by atoms with Crippen LogP contribution in [0, 0.1) is 12.5 Å². The minimum Gasteiger partial charge on any atom is -0.347 e. The van der Waals surface area contributed by atoms with Gasteiger partial charge in [0, 0.05) is 18.3 Å². The smallest absolute Gasteiger partial charge is 0.187 e. The number of aryl methyl sites for hydroxylation is 1. The van der Waals surface area contributed by atoms with Crippen LogP contribution in [0.2, 0.25) is 0 Å². The molecule has 0 spiro atoms. The maximum absolute atomic E-state index is 7.56. The van der Waals surface area contributed by atoms with Gasteiger partial charge in [-0.25, -0.2) is 4.85 Å². The Kier molecular flexibility index (Phi) is 11.3. The number of nitrogens with one attached hydrogen (secondary N) is 1. The highest BCUT2D eigenvalue weighted by atomic mass is 15.0. The fourth-order valence-corrected chi connectivity index (χ4v) is 5.72. The summed E-state index contributed by atoms with van der Waals surface area (Å²) in [4.78, 5) is 3.76. The van der Waals surface area contributed by atoms with Gasteiger partial charge in [0.2, 0.25) is 0 Å². The van der Waals surface area contributed by atoms with Gasteiger partial charge in [0.05, 0.1) is 6.57 Å². The number of hydrogen-bond donors (Lipinski definition) is 2. The van der Waals surface area contributed by atoms with Gasteiger partial charge in [-0.15, -0.1) is 0 Å². The van der Waals surface area contributed by atoms with Crippen LogP contribution >= 0.6 is 0 Å². The summed E-state index contributed by atoms with van der Waals surface area (Å²) in [7, 11) is 0. The molecule has 3 rings (SSSR count). The minimum absolute atomic E-state index is 0.574. The standard InChI is InChI=1S/C29H46N4/c1-3-4-5-6-7-11-21-33-23-28(27-22-25(31-2)15-16-29(27)33)26(17-20-32-19-12-18-30)24-13-9-8-10-14-24/h15-16,22-24,26,32H,3-14,17-21,30H2,1H3. The Morgan fingerprint density at radius 2 is 1.85 bits per heavy atom. The van der Waals surface area contributed by atoms with Crippen molar-refractivity contribution >= 4 is 16.6 Å². The molecule has 4 nitrogen and oxygen atoms in total. The van der Waals surface area contributed by atoms with E-state index in [1.54, 1.807) is 0 Å². The van der Waals surface area contributed by atoms with E-state index in [0.29, 0.717) is 5.92 Å². The van der Waals surface area contributed by atoms with E-state index in [1.165, 1.54) is 93.5 Å². The zero-order valence-electron chi connectivity index (χ0n) is 21.0. The minimum atomic E-state index is 0.574. The molecule has 1 saturated carbocycles. The van der Waals surface area contributed by atoms with E-state index in [1.807, 2.05) is 6.07 Å². The number of rotatable bonds is 15. The van der Waals surface area contributed by atoms with E-state index in [9.17, 15) is 0 Å². The lowest BCUT2D eigenvalue weighted by atomic mass is 9.75. The van der Waals surface area contributed by atoms with Crippen LogP contribution in [-0.4, -0.2) is 24.2 Å². The van der Waals surface area contributed by atoms with Crippen molar-refractivity contribution < 1.29 is 0 Å². The summed E-state index contributed by atoms with van der Waals surface area (Å²) in [5, 5.41) is 4.95. The van der Waals surface area contributed by atoms with E-state index < -0.39 is 0 Å². The van der Waals surface area contributed by atoms with Crippen molar-refractivity contribution in [1.82, 2.24) is 9.88 Å². The lowest BCUT2D eigenvalue weighted by Crippen LogP contribution is -2.24. The molecule has 1 aromatic heterocycles. The monoisotopic (exact) mass is 450 g/mol. The Hall–Kier alpha value is -1.83. The first kappa shape index (κ1) is 25.8. The molecule has 1 unspecified atom stereocenters. The number of fused-ring (bicyclic) bond motifs is 1. The molecule has 0 bridgehead atoms. The average Bonchev–Trinajstić information content (AvgIpc) is 3.21. The Balaban J connectivity index is 1.81. The zero-order chi connectivity index (χ0) is 23.3. The molecule has 0 amide bonds. The van der Waals surface area contributed by atoms with Gasteiger partial charge in [-0.1, -0.05) is 64.4 Å². The SMILES string of the molecule is [C-]#[N+]c1ccc2c(c1)c(C(CCNCCCN)C1CCCCC1)cn2CCCCCCCC. The molecule has 1 atom stereocenters. The molecule has 1 fully saturated rings. The Bertz CT molecular complexity index is 856. The molecule has 3 N–H and O–H groups in total. The predicted molar refractivity (Wildman–Crippen MR) is 142 cm³/mol. The van der Waals surface area contributed by atoms with Gasteiger partial charge < -0.3 is 15.6 Å². The lowest BCUT2D eigenvalue weighted by molar-refractivity contribution is 0.293. The van der Waals surface area contributed by atoms with Crippen molar-refractivity contribution in [2.45, 2.75) is 103 Å². The van der Waals surface area contributed by atoms with Crippen LogP contribution in [0.5, 0.6) is 0 Å². The molecular formula is C29H46N4. The second kappa shape index (κ2) is 14.4. The number of hydrogen-bond acceptors (Lipinski definition) is 2. The van der Waals surface area contributed by atoms with Gasteiger partial charge in [0.15, 0.2) is 5.69 Å². The van der Waals surface area contributed by atoms with Crippen LogP contribution < -0.4 is 11.1 Å². The van der Waals surface area contributed by atoms with Crippen LogP contribution in [0.15, 0.2) is 24.4 Å². The van der Waals surface area contributed by atoms with Gasteiger partial charge in [-0.3, -0.25) is 0 Å². The largest absolute Gasteiger partial charge is 0.347 e. The summed E-state index contributed by atoms with van der Waals surface area (Å²) in [6.45, 7) is 13.7. The Labute approximate surface area is 202 Å². The van der Waals surface area contributed by atoms with E-state index >= 15 is 0 Å². The van der Waals surface area contributed by atoms with Gasteiger partial charge >= 0.3 is 0 Å². The molecule has 0 radical (unpaired) electrons. The van der Waals surface area contributed by atoms with Crippen molar-refractivity contribution in [1.29, 1.82) is 0 Å². The quantitative estimate of drug-likeness (QED) is 0.217. The fraction of sp³-hybridized carbons (Fsp3) is 0.690. The van der Waals surface area contributed by atoms with E-state index in [2.05, 4.69) is 40.0 Å². The lowest BCUT2D eigenvalue weighted by Gasteiger charge is -2.30. The topological polar surface area (TPSA) is 47.3 Å². The first-order chi connectivity index (χ1) is 16.3. The molecule has 33 heavy (non-hydrogen) atoms. The van der Waals surface area contributed by atoms with Gasteiger partial charge in [-0.05, 0) is 86.7 Å². The van der Waals surface area contributed by atoms with Gasteiger partial charge in [0.1, 0.15) is 0 Å². The Morgan fingerprint density at radius 3 is 2.61 bits per heavy atom. The highest BCUT2D eigenvalue weighted by molar-refractivity contribution is 5.88. The number of nitrogens with two attached hydrogens (primary N) is 1. The second-order valence-corrected chi connectivity index (χ2v) is 10.0. The van der Waals surface area contributed by atoms with Crippen LogP contribution in [-0.2, 0) is 6.54 Å². The summed E-state index contributed by atoms with van der Waals surface area (Å²) >= 11 is 0. The molecule has 1 aromatic carbocycles. The predicted octanol–water partition coefficient (Wildman–Crippen LogP) is 7.54. The summed E-state index contributed by atoms with van der Waals surface area (Å²) in [6.07, 6.45) is 19.4. The molecule has 2 aromatic rings. The second-order valence-electron chi connectivity index (χ2n) is 10.0. The highest BCUT2D eigenvalue weighted by Gasteiger charge is 2.27. The number of nitrogens with zero attached hydrogens (tertiary/aromatic N) is 2. The molecular weight excluding hydrogens is 404 g/mol. The van der Waals surface area contributed by atoms with Crippen LogP contribution in [0.1, 0.15) is 102 Å². The Morgan fingerprint density at radius 1 is 1.06 bits per heavy atom. The summed E-state index contributed by atoms with van der Waals surface area (Å²) in [5.74, 6) is 1.34. The molecule has 0 saturated heterocycles. The van der Waals surface area contributed by atoms with E-state index in [-0.39, 0.29) is 0 Å². The molecule has 182 valence electrons. The average molecular weight is 451 g/mol. The van der Waals surface area contributed by atoms with Crippen LogP contribution in [0.4, 0.5) is 5.69 Å². The molecule has 1 aliphatic carbocycles. The first-order valence-corrected chi connectivity index (χ1v) is 13.7. The maximum Gasteiger partial charge on any atom is 0.187 e. The van der Waals surface area contributed by atoms with Crippen LogP contribution in [0.25, 0.3) is 15.7 Å². The normalized spacial score (nSPS) is 15.7. The summed E-state index contributed by atoms with van der Waals surface area (Å²) < 4.78 is 2.50. The summed E-state index contributed by atoms with van der Waals surface area (Å²) in [6, 6.07) is 6.36. The van der Waals surface area contributed by atoms with E-state index in [4.69, 9.17) is 12.3 Å². The van der Waals surface area contributed by atoms with Gasteiger partial charge in [0.25, 0.3) is 0 Å². The molecule has 0 aliphatic heterocycles. The highest BCUT2D eigenvalue weighted by Crippen LogP contribution is 2.42. The molecule has 1 heterocycles. The third kappa shape index (κ3) is 7.59. The third-order valence-electron chi connectivity index (χ3n) is 7.59. The van der Waals surface area contributed by atoms with Crippen molar-refractivity contribution in [3.8, 4) is 0 Å². The van der Waals surface area contributed by atoms with Crippen LogP contribution in [0.3, 0.4) is 0 Å².